The molecule has 0 aromatic carbocycles. The van der Waals surface area contributed by atoms with Crippen molar-refractivity contribution in [1.82, 2.24) is 10.3 Å². The van der Waals surface area contributed by atoms with Crippen LogP contribution in [0.5, 0.6) is 0 Å². The number of anilines is 2. The van der Waals surface area contributed by atoms with Crippen LogP contribution in [0.15, 0.2) is 0 Å². The first-order valence-corrected chi connectivity index (χ1v) is 7.57. The molecule has 3 N–H and O–H groups in total. The van der Waals surface area contributed by atoms with Crippen LogP contribution >= 0.6 is 11.3 Å². The number of ether oxygens (including phenoxy) is 1. The van der Waals surface area contributed by atoms with Gasteiger partial charge in [0.25, 0.3) is 5.91 Å². The number of carbonyl (C=O) groups excluding carboxylic acids is 1. The SMILES string of the molecule is COCC(C)(C)NC(=O)c1sc(N2CCCC2)nc1N. The molecule has 1 fully saturated rings. The molecule has 1 aromatic rings. The molecule has 0 aliphatic carbocycles. The Labute approximate surface area is 123 Å². The van der Waals surface area contributed by atoms with Crippen molar-refractivity contribution in [3.8, 4) is 0 Å². The van der Waals surface area contributed by atoms with Crippen molar-refractivity contribution in [3.05, 3.63) is 4.88 Å². The van der Waals surface area contributed by atoms with E-state index in [4.69, 9.17) is 10.5 Å². The average molecular weight is 298 g/mol. The summed E-state index contributed by atoms with van der Waals surface area (Å²) in [5, 5.41) is 3.77. The molecule has 7 heteroatoms. The summed E-state index contributed by atoms with van der Waals surface area (Å²) in [6, 6.07) is 0. The molecule has 1 amide bonds. The number of rotatable bonds is 5. The minimum Gasteiger partial charge on any atom is -0.382 e. The molecule has 0 spiro atoms. The summed E-state index contributed by atoms with van der Waals surface area (Å²) >= 11 is 1.36. The molecule has 1 aliphatic heterocycles. The Bertz CT molecular complexity index is 481. The lowest BCUT2D eigenvalue weighted by molar-refractivity contribution is 0.0824. The lowest BCUT2D eigenvalue weighted by Gasteiger charge is -2.24. The summed E-state index contributed by atoms with van der Waals surface area (Å²) in [7, 11) is 1.61. The Morgan fingerprint density at radius 1 is 1.50 bits per heavy atom. The van der Waals surface area contributed by atoms with Crippen LogP contribution in [0.2, 0.25) is 0 Å². The number of aromatic nitrogens is 1. The van der Waals surface area contributed by atoms with Crippen LogP contribution in [0.1, 0.15) is 36.4 Å². The van der Waals surface area contributed by atoms with E-state index in [1.807, 2.05) is 13.8 Å². The second-order valence-corrected chi connectivity index (χ2v) is 6.65. The number of carbonyl (C=O) groups is 1. The highest BCUT2D eigenvalue weighted by Crippen LogP contribution is 2.30. The fourth-order valence-corrected chi connectivity index (χ4v) is 3.22. The lowest BCUT2D eigenvalue weighted by Crippen LogP contribution is -2.46. The predicted molar refractivity (Wildman–Crippen MR) is 81.4 cm³/mol. The summed E-state index contributed by atoms with van der Waals surface area (Å²) in [6.07, 6.45) is 2.34. The first-order valence-electron chi connectivity index (χ1n) is 6.75. The molecule has 0 unspecified atom stereocenters. The molecule has 0 saturated carbocycles. The van der Waals surface area contributed by atoms with Gasteiger partial charge in [-0.2, -0.15) is 0 Å². The molecule has 112 valence electrons. The normalized spacial score (nSPS) is 15.7. The van der Waals surface area contributed by atoms with Crippen LogP contribution in [0.4, 0.5) is 10.9 Å². The van der Waals surface area contributed by atoms with Crippen LogP contribution in [0.3, 0.4) is 0 Å². The van der Waals surface area contributed by atoms with Crippen LogP contribution in [-0.2, 0) is 4.74 Å². The van der Waals surface area contributed by atoms with Gasteiger partial charge in [0.15, 0.2) is 5.13 Å². The molecule has 2 heterocycles. The van der Waals surface area contributed by atoms with Gasteiger partial charge in [0.2, 0.25) is 0 Å². The topological polar surface area (TPSA) is 80.5 Å². The quantitative estimate of drug-likeness (QED) is 0.860. The van der Waals surface area contributed by atoms with Crippen molar-refractivity contribution in [2.75, 3.05) is 37.4 Å². The number of thiazole rings is 1. The summed E-state index contributed by atoms with van der Waals surface area (Å²) in [5.41, 5.74) is 5.45. The fourth-order valence-electron chi connectivity index (χ4n) is 2.29. The van der Waals surface area contributed by atoms with Gasteiger partial charge in [-0.3, -0.25) is 4.79 Å². The van der Waals surface area contributed by atoms with Gasteiger partial charge in [0, 0.05) is 20.2 Å². The number of methoxy groups -OCH3 is 1. The van der Waals surface area contributed by atoms with Crippen LogP contribution in [0, 0.1) is 0 Å². The van der Waals surface area contributed by atoms with Crippen molar-refractivity contribution >= 4 is 28.2 Å². The summed E-state index contributed by atoms with van der Waals surface area (Å²) < 4.78 is 5.09. The van der Waals surface area contributed by atoms with Gasteiger partial charge in [-0.25, -0.2) is 4.98 Å². The molecule has 0 atom stereocenters. The maximum atomic E-state index is 12.3. The second kappa shape index (κ2) is 5.97. The monoisotopic (exact) mass is 298 g/mol. The number of hydrogen-bond donors (Lipinski definition) is 2. The highest BCUT2D eigenvalue weighted by atomic mass is 32.1. The Hall–Kier alpha value is -1.34. The maximum absolute atomic E-state index is 12.3. The maximum Gasteiger partial charge on any atom is 0.265 e. The van der Waals surface area contributed by atoms with E-state index in [1.165, 1.54) is 24.2 Å². The minimum absolute atomic E-state index is 0.188. The summed E-state index contributed by atoms with van der Waals surface area (Å²) in [5.74, 6) is 0.120. The van der Waals surface area contributed by atoms with Crippen LogP contribution < -0.4 is 16.0 Å². The molecule has 20 heavy (non-hydrogen) atoms. The highest BCUT2D eigenvalue weighted by Gasteiger charge is 2.26. The van der Waals surface area contributed by atoms with Gasteiger partial charge in [0.05, 0.1) is 12.1 Å². The summed E-state index contributed by atoms with van der Waals surface area (Å²) in [4.78, 5) is 19.3. The van der Waals surface area contributed by atoms with Gasteiger partial charge in [-0.1, -0.05) is 11.3 Å². The number of amides is 1. The third kappa shape index (κ3) is 3.40. The van der Waals surface area contributed by atoms with E-state index in [9.17, 15) is 4.79 Å². The van der Waals surface area contributed by atoms with E-state index in [0.29, 0.717) is 17.3 Å². The standard InChI is InChI=1S/C13H22N4O2S/c1-13(2,8-19-3)16-11(18)9-10(14)15-12(20-9)17-6-4-5-7-17/h4-8,14H2,1-3H3,(H,16,18). The van der Waals surface area contributed by atoms with Gasteiger partial charge in [-0.15, -0.1) is 0 Å². The van der Waals surface area contributed by atoms with Crippen molar-refractivity contribution in [1.29, 1.82) is 0 Å². The van der Waals surface area contributed by atoms with Crippen molar-refractivity contribution in [2.45, 2.75) is 32.2 Å². The molecule has 0 radical (unpaired) electrons. The first kappa shape index (κ1) is 15.1. The number of nitrogen functional groups attached to an aromatic ring is 1. The molecule has 2 rings (SSSR count). The fraction of sp³-hybridized carbons (Fsp3) is 0.692. The second-order valence-electron chi connectivity index (χ2n) is 5.68. The minimum atomic E-state index is -0.434. The van der Waals surface area contributed by atoms with E-state index in [2.05, 4.69) is 15.2 Å². The zero-order valence-electron chi connectivity index (χ0n) is 12.2. The van der Waals surface area contributed by atoms with Crippen LogP contribution in [-0.4, -0.2) is 43.2 Å². The zero-order valence-corrected chi connectivity index (χ0v) is 13.0. The van der Waals surface area contributed by atoms with Crippen molar-refractivity contribution in [2.24, 2.45) is 0 Å². The Kier molecular flexibility index (Phi) is 4.49. The molecular weight excluding hydrogens is 276 g/mol. The van der Waals surface area contributed by atoms with Gasteiger partial charge >= 0.3 is 0 Å². The van der Waals surface area contributed by atoms with E-state index in [1.54, 1.807) is 7.11 Å². The Morgan fingerprint density at radius 3 is 2.75 bits per heavy atom. The third-order valence-electron chi connectivity index (χ3n) is 3.18. The van der Waals surface area contributed by atoms with Crippen LogP contribution in [0.25, 0.3) is 0 Å². The Morgan fingerprint density at radius 2 is 2.15 bits per heavy atom. The molecule has 1 aromatic heterocycles. The predicted octanol–water partition coefficient (Wildman–Crippen LogP) is 1.48. The number of nitrogens with one attached hydrogen (secondary N) is 1. The molecule has 1 aliphatic rings. The average Bonchev–Trinajstić information content (AvgIpc) is 2.96. The molecule has 1 saturated heterocycles. The van der Waals surface area contributed by atoms with Crippen molar-refractivity contribution in [3.63, 3.8) is 0 Å². The van der Waals surface area contributed by atoms with Crippen molar-refractivity contribution < 1.29 is 9.53 Å². The number of hydrogen-bond acceptors (Lipinski definition) is 6. The Balaban J connectivity index is 2.10. The molecule has 0 bridgehead atoms. The smallest absolute Gasteiger partial charge is 0.265 e. The van der Waals surface area contributed by atoms with E-state index in [0.717, 1.165) is 18.2 Å². The summed E-state index contributed by atoms with van der Waals surface area (Å²) in [6.45, 7) is 6.24. The third-order valence-corrected chi connectivity index (χ3v) is 4.31. The van der Waals surface area contributed by atoms with E-state index in [-0.39, 0.29) is 5.91 Å². The number of nitrogens with zero attached hydrogens (tertiary/aromatic N) is 2. The highest BCUT2D eigenvalue weighted by molar-refractivity contribution is 7.18. The lowest BCUT2D eigenvalue weighted by atomic mass is 10.1. The van der Waals surface area contributed by atoms with E-state index < -0.39 is 5.54 Å². The largest absolute Gasteiger partial charge is 0.382 e. The first-order chi connectivity index (χ1) is 9.43. The van der Waals surface area contributed by atoms with Gasteiger partial charge < -0.3 is 20.7 Å². The van der Waals surface area contributed by atoms with Gasteiger partial charge in [-0.05, 0) is 26.7 Å². The molecular formula is C13H22N4O2S. The zero-order chi connectivity index (χ0) is 14.8. The number of nitrogens with two attached hydrogens (primary N) is 1. The van der Waals surface area contributed by atoms with Gasteiger partial charge in [0.1, 0.15) is 10.7 Å². The molecule has 6 nitrogen and oxygen atoms in total. The van der Waals surface area contributed by atoms with E-state index >= 15 is 0 Å².